The molecule has 8 fully saturated rings. The Labute approximate surface area is 423 Å². The van der Waals surface area contributed by atoms with Crippen LogP contribution in [0.3, 0.4) is 0 Å². The highest BCUT2D eigenvalue weighted by molar-refractivity contribution is 5.94. The van der Waals surface area contributed by atoms with Gasteiger partial charge in [0.2, 0.25) is 0 Å². The van der Waals surface area contributed by atoms with Crippen LogP contribution in [0.15, 0.2) is 36.4 Å². The topological polar surface area (TPSA) is 181 Å². The molecule has 5 saturated carbocycles. The summed E-state index contributed by atoms with van der Waals surface area (Å²) in [6.45, 7) is 25.3. The number of hydrogen-bond acceptors (Lipinski definition) is 13. The first-order chi connectivity index (χ1) is 33.1. The van der Waals surface area contributed by atoms with Crippen LogP contribution in [0, 0.1) is 39.4 Å². The molecule has 2 N–H and O–H groups in total. The van der Waals surface area contributed by atoms with Crippen LogP contribution in [0.2, 0.25) is 0 Å². The van der Waals surface area contributed by atoms with E-state index in [0.717, 1.165) is 63.2 Å². The molecule has 0 radical (unpaired) electrons. The largest absolute Gasteiger partial charge is 0.507 e. The van der Waals surface area contributed by atoms with E-state index in [1.54, 1.807) is 30.3 Å². The van der Waals surface area contributed by atoms with E-state index in [9.17, 15) is 34.2 Å². The summed E-state index contributed by atoms with van der Waals surface area (Å²) in [4.78, 5) is 60.1. The predicted molar refractivity (Wildman–Crippen MR) is 270 cm³/mol. The summed E-state index contributed by atoms with van der Waals surface area (Å²) in [5.74, 6) is 0.832. The molecule has 3 heterocycles. The van der Waals surface area contributed by atoms with Gasteiger partial charge in [-0.05, 0) is 176 Å². The van der Waals surface area contributed by atoms with Crippen LogP contribution >= 0.6 is 0 Å². The fraction of sp³-hybridized carbons (Fsp3) is 0.741. The van der Waals surface area contributed by atoms with Crippen molar-refractivity contribution in [1.82, 2.24) is 0 Å². The van der Waals surface area contributed by atoms with E-state index in [-0.39, 0.29) is 70.3 Å². The van der Waals surface area contributed by atoms with Gasteiger partial charge in [-0.3, -0.25) is 24.0 Å². The number of fused-ring (bicyclic) bond motifs is 2. The zero-order valence-electron chi connectivity index (χ0n) is 45.2. The number of aromatic hydroxyl groups is 1. The molecule has 3 saturated heterocycles. The van der Waals surface area contributed by atoms with Crippen molar-refractivity contribution in [1.29, 1.82) is 0 Å². The molecule has 2 aromatic rings. The molecule has 2 aromatic carbocycles. The van der Waals surface area contributed by atoms with E-state index >= 15 is 0 Å². The predicted octanol–water partition coefficient (Wildman–Crippen LogP) is 11.7. The van der Waals surface area contributed by atoms with Crippen molar-refractivity contribution in [3.63, 3.8) is 0 Å². The number of rotatable bonds is 13. The van der Waals surface area contributed by atoms with Gasteiger partial charge in [0.1, 0.15) is 28.8 Å². The number of esters is 5. The summed E-state index contributed by atoms with van der Waals surface area (Å²) in [7, 11) is 0. The van der Waals surface area contributed by atoms with Crippen molar-refractivity contribution in [3.05, 3.63) is 36.4 Å². The van der Waals surface area contributed by atoms with Crippen LogP contribution in [0.5, 0.6) is 11.5 Å². The Kier molecular flexibility index (Phi) is 16.8. The number of hydrogen-bond donors (Lipinski definition) is 2. The van der Waals surface area contributed by atoms with Gasteiger partial charge in [0.25, 0.3) is 0 Å². The third-order valence-corrected chi connectivity index (χ3v) is 17.6. The van der Waals surface area contributed by atoms with Gasteiger partial charge in [0.05, 0.1) is 39.3 Å². The fourth-order valence-corrected chi connectivity index (χ4v) is 11.3. The summed E-state index contributed by atoms with van der Waals surface area (Å²) in [5.41, 5.74) is -2.81. The lowest BCUT2D eigenvalue weighted by atomic mass is 9.52. The molecule has 396 valence electrons. The SMILES string of the molecule is CCC(C)(C)C(=O)OC12CC3CC(CC(O)(C3)C1)C2.CCC(C)(C)C(=O)OC1C2CC3C(=O)OC1C3O2.CCC(C)(C)C(=O)Oc1cccc2c(O)cccc12.CCC1(OC(=O)C(C)(C)CC)CCCC1. The molecule has 7 atom stereocenters. The van der Waals surface area contributed by atoms with Gasteiger partial charge in [0.15, 0.2) is 12.2 Å². The van der Waals surface area contributed by atoms with E-state index < -0.39 is 34.1 Å². The fourth-order valence-electron chi connectivity index (χ4n) is 11.3. The normalized spacial score (nSPS) is 29.7. The first-order valence-corrected chi connectivity index (χ1v) is 26.8. The molecule has 71 heavy (non-hydrogen) atoms. The lowest BCUT2D eigenvalue weighted by Crippen LogP contribution is -2.61. The smallest absolute Gasteiger partial charge is 0.316 e. The van der Waals surface area contributed by atoms with Crippen molar-refractivity contribution in [2.45, 2.75) is 234 Å². The van der Waals surface area contributed by atoms with E-state index in [0.29, 0.717) is 48.7 Å². The summed E-state index contributed by atoms with van der Waals surface area (Å²) >= 11 is 0. The van der Waals surface area contributed by atoms with Crippen LogP contribution in [-0.4, -0.2) is 81.3 Å². The number of ether oxygens (including phenoxy) is 6. The highest BCUT2D eigenvalue weighted by Crippen LogP contribution is 2.59. The van der Waals surface area contributed by atoms with Crippen molar-refractivity contribution >= 4 is 40.6 Å². The summed E-state index contributed by atoms with van der Waals surface area (Å²) in [6, 6.07) is 10.5. The lowest BCUT2D eigenvalue weighted by Gasteiger charge is -2.59. The lowest BCUT2D eigenvalue weighted by molar-refractivity contribution is -0.225. The van der Waals surface area contributed by atoms with Gasteiger partial charge in [0, 0.05) is 17.2 Å². The van der Waals surface area contributed by atoms with Gasteiger partial charge >= 0.3 is 29.8 Å². The standard InChI is InChI=1S/C16H26O3.C16H18O3.C13H18O5.C13H24O2/c1-4-14(2,3)13(17)19-16-8-11-5-12(9-16)7-15(18,6-11)10-16;1-4-16(2,3)15(18)19-14-10-6-7-11-12(14)8-5-9-13(11)17;1-4-13(2,3)12(15)18-9-7-5-6-8(16-7)10(9)17-11(6)14;1-5-12(3,4)11(14)15-13(6-2)9-7-8-10-13/h11-12,18H,4-10H2,1-3H3;5-10,17H,4H2,1-3H3;6-10H,4-5H2,1-3H3;5-10H2,1-4H3. The Balaban J connectivity index is 0.000000156. The zero-order valence-corrected chi connectivity index (χ0v) is 45.2. The van der Waals surface area contributed by atoms with Crippen LogP contribution < -0.4 is 4.74 Å². The monoisotopic (exact) mass is 991 g/mol. The average Bonchev–Trinajstić information content (AvgIpc) is 4.09. The summed E-state index contributed by atoms with van der Waals surface area (Å²) in [6.07, 6.45) is 13.6. The second-order valence-electron chi connectivity index (χ2n) is 24.6. The van der Waals surface area contributed by atoms with Gasteiger partial charge in [-0.2, -0.15) is 0 Å². The zero-order chi connectivity index (χ0) is 52.5. The average molecular weight is 991 g/mol. The third kappa shape index (κ3) is 12.2. The number of aliphatic hydroxyl groups is 1. The maximum Gasteiger partial charge on any atom is 0.316 e. The minimum atomic E-state index is -0.555. The first kappa shape index (κ1) is 56.1. The number of carbonyl (C=O) groups excluding carboxylic acids is 5. The third-order valence-electron chi connectivity index (χ3n) is 17.6. The van der Waals surface area contributed by atoms with Crippen LogP contribution in [0.4, 0.5) is 0 Å². The summed E-state index contributed by atoms with van der Waals surface area (Å²) < 4.78 is 33.7. The molecule has 8 aliphatic rings. The van der Waals surface area contributed by atoms with E-state index in [1.807, 2.05) is 89.2 Å². The van der Waals surface area contributed by atoms with Gasteiger partial charge in [-0.15, -0.1) is 0 Å². The number of benzene rings is 2. The quantitative estimate of drug-likeness (QED) is 0.110. The maximum absolute atomic E-state index is 12.4. The molecule has 13 heteroatoms. The van der Waals surface area contributed by atoms with Crippen molar-refractivity contribution in [3.8, 4) is 11.5 Å². The molecule has 6 bridgehead atoms. The second-order valence-corrected chi connectivity index (χ2v) is 24.6. The highest BCUT2D eigenvalue weighted by atomic mass is 16.7. The number of carbonyl (C=O) groups is 5. The van der Waals surface area contributed by atoms with Crippen molar-refractivity contribution in [2.75, 3.05) is 0 Å². The van der Waals surface area contributed by atoms with Crippen LogP contribution in [0.25, 0.3) is 10.8 Å². The minimum Gasteiger partial charge on any atom is -0.507 e. The number of phenolic OH excluding ortho intramolecular Hbond substituents is 1. The van der Waals surface area contributed by atoms with E-state index in [2.05, 4.69) is 6.92 Å². The molecule has 7 unspecified atom stereocenters. The molecular weight excluding hydrogens is 905 g/mol. The maximum atomic E-state index is 12.4. The Morgan fingerprint density at radius 2 is 1.18 bits per heavy atom. The molecule has 0 spiro atoms. The molecule has 0 amide bonds. The first-order valence-electron chi connectivity index (χ1n) is 26.8. The van der Waals surface area contributed by atoms with E-state index in [1.165, 1.54) is 19.3 Å². The van der Waals surface area contributed by atoms with Gasteiger partial charge < -0.3 is 38.6 Å². The van der Waals surface area contributed by atoms with Gasteiger partial charge in [-0.25, -0.2) is 0 Å². The molecule has 3 aliphatic heterocycles. The Bertz CT molecular complexity index is 2240. The van der Waals surface area contributed by atoms with Gasteiger partial charge in [-0.1, -0.05) is 58.9 Å². The van der Waals surface area contributed by atoms with Crippen LogP contribution in [0.1, 0.15) is 193 Å². The van der Waals surface area contributed by atoms with Crippen LogP contribution in [-0.2, 0) is 47.7 Å². The Morgan fingerprint density at radius 1 is 0.662 bits per heavy atom. The molecular formula is C58H86O13. The molecule has 10 rings (SSSR count). The minimum absolute atomic E-state index is 0.0197. The molecule has 5 aliphatic carbocycles. The Morgan fingerprint density at radius 3 is 1.73 bits per heavy atom. The molecule has 0 aromatic heterocycles. The van der Waals surface area contributed by atoms with E-state index in [4.69, 9.17) is 28.4 Å². The highest BCUT2D eigenvalue weighted by Gasteiger charge is 2.65. The summed E-state index contributed by atoms with van der Waals surface area (Å²) in [5, 5.41) is 21.9. The number of phenols is 1. The molecule has 13 nitrogen and oxygen atoms in total. The van der Waals surface area contributed by atoms with Crippen molar-refractivity contribution < 1.29 is 62.6 Å². The second kappa shape index (κ2) is 21.3. The van der Waals surface area contributed by atoms with Crippen molar-refractivity contribution in [2.24, 2.45) is 39.4 Å². The Hall–Kier alpha value is -4.23.